The molecule has 1 aliphatic heterocycles. The number of nitrogens with one attached hydrogen (secondary N) is 1. The lowest BCUT2D eigenvalue weighted by Crippen LogP contribution is -2.36. The van der Waals surface area contributed by atoms with E-state index in [1.165, 1.54) is 10.6 Å². The number of hydrogen-bond donors (Lipinski definition) is 1. The zero-order chi connectivity index (χ0) is 18.4. The molecule has 0 saturated carbocycles. The van der Waals surface area contributed by atoms with Crippen LogP contribution in [0.4, 0.5) is 10.1 Å². The molecule has 0 fully saturated rings. The van der Waals surface area contributed by atoms with Crippen LogP contribution in [0.25, 0.3) is 5.52 Å². The molecular formula is C19H14FN7. The van der Waals surface area contributed by atoms with Crippen LogP contribution < -0.4 is 4.90 Å². The number of imidazole rings is 1. The van der Waals surface area contributed by atoms with E-state index >= 15 is 0 Å². The average molecular weight is 359 g/mol. The number of nitriles is 1. The number of hydrogen-bond acceptors (Lipinski definition) is 5. The second kappa shape index (κ2) is 5.92. The quantitative estimate of drug-likeness (QED) is 0.595. The number of rotatable bonds is 2. The van der Waals surface area contributed by atoms with E-state index in [1.54, 1.807) is 36.9 Å². The highest BCUT2D eigenvalue weighted by Crippen LogP contribution is 2.36. The summed E-state index contributed by atoms with van der Waals surface area (Å²) in [6.07, 6.45) is 5.80. The number of nitrogens with zero attached hydrogens (tertiary/aromatic N) is 6. The van der Waals surface area contributed by atoms with Crippen LogP contribution >= 0.6 is 0 Å². The maximum absolute atomic E-state index is 14.2. The molecule has 0 bridgehead atoms. The minimum Gasteiger partial charge on any atom is -0.357 e. The second-order valence-electron chi connectivity index (χ2n) is 6.38. The first-order chi connectivity index (χ1) is 13.2. The third-order valence-corrected chi connectivity index (χ3v) is 4.86. The molecule has 0 aromatic carbocycles. The third kappa shape index (κ3) is 2.44. The molecule has 1 N–H and O–H groups in total. The summed E-state index contributed by atoms with van der Waals surface area (Å²) >= 11 is 0. The van der Waals surface area contributed by atoms with E-state index in [0.717, 1.165) is 23.5 Å². The molecule has 132 valence electrons. The van der Waals surface area contributed by atoms with Crippen molar-refractivity contribution in [3.05, 3.63) is 77.6 Å². The Hall–Kier alpha value is -3.73. The Bertz CT molecular complexity index is 1190. The summed E-state index contributed by atoms with van der Waals surface area (Å²) in [5, 5.41) is 13.8. The Morgan fingerprint density at radius 2 is 2.19 bits per heavy atom. The molecule has 0 aliphatic carbocycles. The fourth-order valence-electron chi connectivity index (χ4n) is 3.65. The van der Waals surface area contributed by atoms with Crippen LogP contribution in [-0.2, 0) is 6.42 Å². The van der Waals surface area contributed by atoms with E-state index in [1.807, 2.05) is 6.07 Å². The first-order valence-corrected chi connectivity index (χ1v) is 8.53. The molecule has 5 rings (SSSR count). The summed E-state index contributed by atoms with van der Waals surface area (Å²) < 4.78 is 15.7. The van der Waals surface area contributed by atoms with E-state index < -0.39 is 0 Å². The molecule has 1 atom stereocenters. The van der Waals surface area contributed by atoms with Gasteiger partial charge < -0.3 is 9.88 Å². The van der Waals surface area contributed by atoms with Crippen molar-refractivity contribution in [1.82, 2.24) is 24.6 Å². The van der Waals surface area contributed by atoms with E-state index in [-0.39, 0.29) is 11.9 Å². The predicted octanol–water partition coefficient (Wildman–Crippen LogP) is 2.62. The molecule has 7 nitrogen and oxygen atoms in total. The third-order valence-electron chi connectivity index (χ3n) is 4.86. The van der Waals surface area contributed by atoms with Crippen LogP contribution in [-0.4, -0.2) is 31.1 Å². The number of halogens is 1. The van der Waals surface area contributed by atoms with Crippen LogP contribution in [0.2, 0.25) is 0 Å². The zero-order valence-corrected chi connectivity index (χ0v) is 14.2. The van der Waals surface area contributed by atoms with Crippen molar-refractivity contribution in [3.63, 3.8) is 0 Å². The first-order valence-electron chi connectivity index (χ1n) is 8.53. The molecule has 0 saturated heterocycles. The van der Waals surface area contributed by atoms with Gasteiger partial charge in [0.2, 0.25) is 0 Å². The van der Waals surface area contributed by atoms with E-state index in [4.69, 9.17) is 0 Å². The van der Waals surface area contributed by atoms with E-state index in [9.17, 15) is 9.65 Å². The molecule has 0 radical (unpaired) electrons. The first kappa shape index (κ1) is 15.5. The second-order valence-corrected chi connectivity index (χ2v) is 6.38. The lowest BCUT2D eigenvalue weighted by molar-refractivity contribution is 0.615. The Morgan fingerprint density at radius 1 is 1.26 bits per heavy atom. The van der Waals surface area contributed by atoms with Gasteiger partial charge in [0.15, 0.2) is 0 Å². The summed E-state index contributed by atoms with van der Waals surface area (Å²) in [6.45, 7) is 0.713. The highest BCUT2D eigenvalue weighted by Gasteiger charge is 2.33. The van der Waals surface area contributed by atoms with Gasteiger partial charge in [-0.05, 0) is 30.3 Å². The molecular weight excluding hydrogens is 345 g/mol. The molecule has 4 aromatic heterocycles. The molecule has 0 amide bonds. The number of anilines is 1. The van der Waals surface area contributed by atoms with Crippen LogP contribution in [0.5, 0.6) is 0 Å². The van der Waals surface area contributed by atoms with Crippen molar-refractivity contribution in [3.8, 4) is 6.07 Å². The fraction of sp³-hybridized carbons (Fsp3) is 0.158. The lowest BCUT2D eigenvalue weighted by atomic mass is 9.99. The van der Waals surface area contributed by atoms with Crippen molar-refractivity contribution in [1.29, 1.82) is 5.26 Å². The van der Waals surface area contributed by atoms with Gasteiger partial charge in [-0.1, -0.05) is 0 Å². The Labute approximate surface area is 153 Å². The Balaban J connectivity index is 1.69. The number of aromatic nitrogens is 5. The van der Waals surface area contributed by atoms with Gasteiger partial charge in [0.1, 0.15) is 29.1 Å². The van der Waals surface area contributed by atoms with Crippen molar-refractivity contribution >= 4 is 11.2 Å². The smallest absolute Gasteiger partial charge is 0.148 e. The summed E-state index contributed by atoms with van der Waals surface area (Å²) in [7, 11) is 0. The maximum atomic E-state index is 14.2. The molecule has 4 aromatic rings. The number of H-pyrrole nitrogens is 1. The van der Waals surface area contributed by atoms with Crippen LogP contribution in [0.15, 0.2) is 49.1 Å². The minimum atomic E-state index is -0.323. The van der Waals surface area contributed by atoms with Crippen molar-refractivity contribution < 1.29 is 4.39 Å². The molecule has 0 spiro atoms. The van der Waals surface area contributed by atoms with E-state index in [0.29, 0.717) is 23.4 Å². The van der Waals surface area contributed by atoms with Crippen molar-refractivity contribution in [2.75, 3.05) is 11.4 Å². The monoisotopic (exact) mass is 359 g/mol. The highest BCUT2D eigenvalue weighted by molar-refractivity contribution is 5.57. The van der Waals surface area contributed by atoms with Gasteiger partial charge in [0.25, 0.3) is 0 Å². The number of aromatic amines is 1. The summed E-state index contributed by atoms with van der Waals surface area (Å²) in [5.74, 6) is -0.323. The van der Waals surface area contributed by atoms with Crippen molar-refractivity contribution in [2.24, 2.45) is 0 Å². The van der Waals surface area contributed by atoms with Crippen LogP contribution in [0.3, 0.4) is 0 Å². The minimum absolute atomic E-state index is 0.284. The fourth-order valence-corrected chi connectivity index (χ4v) is 3.65. The molecule has 0 unspecified atom stereocenters. The molecule has 8 heteroatoms. The zero-order valence-electron chi connectivity index (χ0n) is 14.2. The van der Waals surface area contributed by atoms with Crippen LogP contribution in [0.1, 0.15) is 28.8 Å². The predicted molar refractivity (Wildman–Crippen MR) is 95.6 cm³/mol. The largest absolute Gasteiger partial charge is 0.357 e. The van der Waals surface area contributed by atoms with Crippen molar-refractivity contribution in [2.45, 2.75) is 12.5 Å². The average Bonchev–Trinajstić information content (AvgIpc) is 3.34. The van der Waals surface area contributed by atoms with Gasteiger partial charge >= 0.3 is 0 Å². The molecule has 1 aliphatic rings. The lowest BCUT2D eigenvalue weighted by Gasteiger charge is -2.35. The van der Waals surface area contributed by atoms with Gasteiger partial charge in [-0.3, -0.25) is 0 Å². The highest BCUT2D eigenvalue weighted by atomic mass is 19.1. The van der Waals surface area contributed by atoms with Gasteiger partial charge in [0, 0.05) is 36.7 Å². The number of fused-ring (bicyclic) bond motifs is 2. The summed E-state index contributed by atoms with van der Waals surface area (Å²) in [4.78, 5) is 13.9. The Morgan fingerprint density at radius 3 is 3.04 bits per heavy atom. The molecule has 27 heavy (non-hydrogen) atoms. The van der Waals surface area contributed by atoms with Gasteiger partial charge in [0.05, 0.1) is 17.7 Å². The van der Waals surface area contributed by atoms with Gasteiger partial charge in [-0.15, -0.1) is 0 Å². The standard InChI is InChI=1S/C19H14FN7/c20-14-2-1-6-27-17(14)9-16(25-27)19-18-15(23-11-24-18)4-7-26(19)13-3-5-22-12(8-13)10-21/h1-3,5-6,8-9,11,19H,4,7H2,(H,23,24)/t19-/m0/s1. The van der Waals surface area contributed by atoms with E-state index in [2.05, 4.69) is 31.0 Å². The topological polar surface area (TPSA) is 85.9 Å². The molecule has 5 heterocycles. The number of pyridine rings is 2. The van der Waals surface area contributed by atoms with Gasteiger partial charge in [-0.25, -0.2) is 18.9 Å². The summed E-state index contributed by atoms with van der Waals surface area (Å²) in [5.41, 5.74) is 4.23. The maximum Gasteiger partial charge on any atom is 0.148 e. The SMILES string of the molecule is N#Cc1cc(N2CCc3[nH]cnc3[C@@H]2c2cc3c(F)cccn3n2)ccn1. The summed E-state index contributed by atoms with van der Waals surface area (Å²) in [6, 6.07) is 10.2. The normalized spacial score (nSPS) is 16.3. The van der Waals surface area contributed by atoms with Crippen LogP contribution in [0, 0.1) is 17.1 Å². The van der Waals surface area contributed by atoms with Gasteiger partial charge in [-0.2, -0.15) is 10.4 Å². The Kier molecular flexibility index (Phi) is 3.40.